The minimum Gasteiger partial charge on any atom is -0.474 e. The third-order valence-corrected chi connectivity index (χ3v) is 3.19. The number of ether oxygens (including phenoxy) is 1. The van der Waals surface area contributed by atoms with Gasteiger partial charge in [0.15, 0.2) is 0 Å². The molecule has 1 aromatic carbocycles. The van der Waals surface area contributed by atoms with Gasteiger partial charge in [0.25, 0.3) is 0 Å². The van der Waals surface area contributed by atoms with Gasteiger partial charge in [-0.2, -0.15) is 4.98 Å². The Hall–Kier alpha value is -2.21. The van der Waals surface area contributed by atoms with Crippen molar-refractivity contribution in [2.24, 2.45) is 0 Å². The van der Waals surface area contributed by atoms with Crippen LogP contribution in [0.2, 0.25) is 0 Å². The van der Waals surface area contributed by atoms with Crippen LogP contribution in [0.5, 0.6) is 5.88 Å². The van der Waals surface area contributed by atoms with E-state index < -0.39 is 6.10 Å². The second kappa shape index (κ2) is 7.87. The van der Waals surface area contributed by atoms with Gasteiger partial charge >= 0.3 is 0 Å². The highest BCUT2D eigenvalue weighted by Crippen LogP contribution is 2.20. The van der Waals surface area contributed by atoms with Crippen molar-refractivity contribution in [3.05, 3.63) is 48.0 Å². The molecule has 0 spiro atoms. The number of halogens is 1. The van der Waals surface area contributed by atoms with Crippen LogP contribution < -0.4 is 10.1 Å². The number of hydrogen-bond acceptors (Lipinski definition) is 5. The molecule has 0 aliphatic carbocycles. The summed E-state index contributed by atoms with van der Waals surface area (Å²) in [7, 11) is 0. The van der Waals surface area contributed by atoms with Gasteiger partial charge in [-0.05, 0) is 44.9 Å². The summed E-state index contributed by atoms with van der Waals surface area (Å²) in [6.07, 6.45) is 2.97. The summed E-state index contributed by atoms with van der Waals surface area (Å²) in [5.74, 6) is 0.725. The van der Waals surface area contributed by atoms with Crippen molar-refractivity contribution in [1.29, 1.82) is 0 Å². The molecule has 0 radical (unpaired) electrons. The van der Waals surface area contributed by atoms with Crippen LogP contribution in [0.4, 0.5) is 10.2 Å². The van der Waals surface area contributed by atoms with Crippen LogP contribution in [0.25, 0.3) is 0 Å². The molecule has 23 heavy (non-hydrogen) atoms. The average Bonchev–Trinajstić information content (AvgIpc) is 2.47. The Morgan fingerprint density at radius 1 is 1.17 bits per heavy atom. The van der Waals surface area contributed by atoms with Gasteiger partial charge in [0.1, 0.15) is 11.6 Å². The lowest BCUT2D eigenvalue weighted by Gasteiger charge is -2.19. The number of rotatable bonds is 7. The third-order valence-electron chi connectivity index (χ3n) is 3.19. The van der Waals surface area contributed by atoms with Gasteiger partial charge in [-0.25, -0.2) is 4.39 Å². The number of nitrogens with zero attached hydrogens (tertiary/aromatic N) is 2. The fourth-order valence-corrected chi connectivity index (χ4v) is 2.18. The maximum atomic E-state index is 12.9. The lowest BCUT2D eigenvalue weighted by atomic mass is 10.0. The molecule has 0 aliphatic heterocycles. The van der Waals surface area contributed by atoms with E-state index in [-0.39, 0.29) is 18.0 Å². The maximum absolute atomic E-state index is 12.9. The average molecular weight is 319 g/mol. The van der Waals surface area contributed by atoms with Crippen LogP contribution in [0.1, 0.15) is 38.9 Å². The van der Waals surface area contributed by atoms with E-state index in [0.717, 1.165) is 0 Å². The summed E-state index contributed by atoms with van der Waals surface area (Å²) in [6, 6.07) is 5.82. The standard InChI is InChI=1S/C17H22FN3O2/c1-11(2)23-17-10-19-9-16(21-17)20-12(3)8-15(22)13-4-6-14(18)7-5-13/h4-7,9-12,15,22H,8H2,1-3H3,(H,20,21). The highest BCUT2D eigenvalue weighted by atomic mass is 19.1. The van der Waals surface area contributed by atoms with Crippen LogP contribution in [0.3, 0.4) is 0 Å². The van der Waals surface area contributed by atoms with Crippen molar-refractivity contribution >= 4 is 5.82 Å². The van der Waals surface area contributed by atoms with E-state index in [9.17, 15) is 9.50 Å². The maximum Gasteiger partial charge on any atom is 0.234 e. The van der Waals surface area contributed by atoms with E-state index >= 15 is 0 Å². The Labute approximate surface area is 135 Å². The molecule has 124 valence electrons. The van der Waals surface area contributed by atoms with Crippen molar-refractivity contribution in [3.63, 3.8) is 0 Å². The van der Waals surface area contributed by atoms with E-state index in [4.69, 9.17) is 4.74 Å². The first-order valence-corrected chi connectivity index (χ1v) is 7.63. The Balaban J connectivity index is 1.93. The molecular formula is C17H22FN3O2. The van der Waals surface area contributed by atoms with E-state index in [1.54, 1.807) is 24.5 Å². The zero-order chi connectivity index (χ0) is 16.8. The molecule has 1 aromatic heterocycles. The molecule has 0 saturated heterocycles. The lowest BCUT2D eigenvalue weighted by molar-refractivity contribution is 0.162. The van der Waals surface area contributed by atoms with Crippen molar-refractivity contribution in [1.82, 2.24) is 9.97 Å². The van der Waals surface area contributed by atoms with Crippen LogP contribution in [0, 0.1) is 5.82 Å². The molecule has 2 atom stereocenters. The second-order valence-electron chi connectivity index (χ2n) is 5.76. The second-order valence-corrected chi connectivity index (χ2v) is 5.76. The van der Waals surface area contributed by atoms with Crippen LogP contribution in [-0.2, 0) is 0 Å². The smallest absolute Gasteiger partial charge is 0.234 e. The molecule has 2 aromatic rings. The summed E-state index contributed by atoms with van der Waals surface area (Å²) in [5.41, 5.74) is 0.683. The van der Waals surface area contributed by atoms with Gasteiger partial charge in [0, 0.05) is 6.04 Å². The normalized spacial score (nSPS) is 13.7. The quantitative estimate of drug-likeness (QED) is 0.819. The molecule has 2 rings (SSSR count). The first kappa shape index (κ1) is 17.1. The topological polar surface area (TPSA) is 67.3 Å². The predicted octanol–water partition coefficient (Wildman–Crippen LogP) is 3.33. The molecule has 0 aliphatic rings. The molecule has 5 nitrogen and oxygen atoms in total. The molecule has 0 saturated carbocycles. The Morgan fingerprint density at radius 2 is 1.87 bits per heavy atom. The van der Waals surface area contributed by atoms with Gasteiger partial charge in [-0.15, -0.1) is 0 Å². The highest BCUT2D eigenvalue weighted by molar-refractivity contribution is 5.34. The number of aliphatic hydroxyl groups is 1. The summed E-state index contributed by atoms with van der Waals surface area (Å²) in [4.78, 5) is 8.40. The third kappa shape index (κ3) is 5.49. The Bertz CT molecular complexity index is 619. The molecule has 0 fully saturated rings. The van der Waals surface area contributed by atoms with Crippen molar-refractivity contribution in [3.8, 4) is 5.88 Å². The molecule has 2 N–H and O–H groups in total. The fraction of sp³-hybridized carbons (Fsp3) is 0.412. The van der Waals surface area contributed by atoms with Crippen LogP contribution in [-0.4, -0.2) is 27.2 Å². The SMILES string of the molecule is CC(CC(O)c1ccc(F)cc1)Nc1cncc(OC(C)C)n1. The largest absolute Gasteiger partial charge is 0.474 e. The molecular weight excluding hydrogens is 297 g/mol. The number of aliphatic hydroxyl groups excluding tert-OH is 1. The molecule has 6 heteroatoms. The summed E-state index contributed by atoms with van der Waals surface area (Å²) in [6.45, 7) is 5.78. The number of nitrogens with one attached hydrogen (secondary N) is 1. The first-order valence-electron chi connectivity index (χ1n) is 7.63. The molecule has 2 unspecified atom stereocenters. The highest BCUT2D eigenvalue weighted by Gasteiger charge is 2.13. The van der Waals surface area contributed by atoms with Gasteiger partial charge in [0.05, 0.1) is 24.6 Å². The minimum absolute atomic E-state index is 0.0253. The van der Waals surface area contributed by atoms with Gasteiger partial charge < -0.3 is 15.2 Å². The van der Waals surface area contributed by atoms with E-state index in [1.165, 1.54) is 12.1 Å². The van der Waals surface area contributed by atoms with Gasteiger partial charge in [0.2, 0.25) is 5.88 Å². The monoisotopic (exact) mass is 319 g/mol. The lowest BCUT2D eigenvalue weighted by Crippen LogP contribution is -2.20. The van der Waals surface area contributed by atoms with Crippen LogP contribution >= 0.6 is 0 Å². The van der Waals surface area contributed by atoms with Gasteiger partial charge in [-0.3, -0.25) is 4.98 Å². The van der Waals surface area contributed by atoms with E-state index in [2.05, 4.69) is 15.3 Å². The summed E-state index contributed by atoms with van der Waals surface area (Å²) in [5, 5.41) is 13.4. The van der Waals surface area contributed by atoms with Crippen molar-refractivity contribution in [2.75, 3.05) is 5.32 Å². The molecule has 0 amide bonds. The van der Waals surface area contributed by atoms with Crippen molar-refractivity contribution < 1.29 is 14.2 Å². The zero-order valence-corrected chi connectivity index (χ0v) is 13.5. The van der Waals surface area contributed by atoms with Crippen molar-refractivity contribution in [2.45, 2.75) is 45.4 Å². The molecule has 0 bridgehead atoms. The van der Waals surface area contributed by atoms with Crippen LogP contribution in [0.15, 0.2) is 36.7 Å². The Morgan fingerprint density at radius 3 is 2.52 bits per heavy atom. The van der Waals surface area contributed by atoms with E-state index in [0.29, 0.717) is 23.7 Å². The fourth-order valence-electron chi connectivity index (χ4n) is 2.18. The summed E-state index contributed by atoms with van der Waals surface area (Å²) < 4.78 is 18.4. The number of benzene rings is 1. The summed E-state index contributed by atoms with van der Waals surface area (Å²) >= 11 is 0. The number of anilines is 1. The van der Waals surface area contributed by atoms with Gasteiger partial charge in [-0.1, -0.05) is 12.1 Å². The van der Waals surface area contributed by atoms with E-state index in [1.807, 2.05) is 20.8 Å². The number of hydrogen-bond donors (Lipinski definition) is 2. The zero-order valence-electron chi connectivity index (χ0n) is 13.5. The predicted molar refractivity (Wildman–Crippen MR) is 86.9 cm³/mol. The Kier molecular flexibility index (Phi) is 5.87. The minimum atomic E-state index is -0.679. The number of aromatic nitrogens is 2. The molecule has 1 heterocycles. The first-order chi connectivity index (χ1) is 10.9.